The van der Waals surface area contributed by atoms with E-state index in [1.54, 1.807) is 0 Å². The fourth-order valence-electron chi connectivity index (χ4n) is 5.19. The highest BCUT2D eigenvalue weighted by molar-refractivity contribution is 6.45. The van der Waals surface area contributed by atoms with Crippen molar-refractivity contribution in [1.29, 1.82) is 0 Å². The topological polar surface area (TPSA) is 26.3 Å². The second kappa shape index (κ2) is 4.92. The van der Waals surface area contributed by atoms with E-state index in [9.17, 15) is 4.79 Å². The first kappa shape index (κ1) is 15.1. The van der Waals surface area contributed by atoms with E-state index in [1.165, 1.54) is 59.9 Å². The third kappa shape index (κ3) is 1.70. The van der Waals surface area contributed by atoms with Crippen molar-refractivity contribution in [1.82, 2.24) is 0 Å². The van der Waals surface area contributed by atoms with Gasteiger partial charge in [-0.1, -0.05) is 61.2 Å². The van der Waals surface area contributed by atoms with Crippen molar-refractivity contribution in [2.75, 3.05) is 0 Å². The molecule has 0 aliphatic carbocycles. The number of carbonyl (C=O) groups excluding carboxylic acids is 1. The molecule has 7 rings (SSSR count). The number of benzene rings is 7. The van der Waals surface area contributed by atoms with Gasteiger partial charge in [-0.05, 0) is 66.0 Å². The standard InChI is InChI=1S/C27H14O2/c1-2-21(28)29-20-13-18-10-9-16-6-4-14-3-5-15-7-8-17-11-12-19(20)27-25(17)23(15)22(14)24(16)26(18)27/h2-13H,1H2. The summed E-state index contributed by atoms with van der Waals surface area (Å²) in [5, 5.41) is 14.6. The van der Waals surface area contributed by atoms with Gasteiger partial charge < -0.3 is 4.74 Å². The van der Waals surface area contributed by atoms with Gasteiger partial charge in [0.1, 0.15) is 5.75 Å². The Labute approximate surface area is 165 Å². The van der Waals surface area contributed by atoms with Gasteiger partial charge >= 0.3 is 5.97 Å². The molecule has 0 aromatic heterocycles. The van der Waals surface area contributed by atoms with Crippen LogP contribution in [0.2, 0.25) is 0 Å². The third-order valence-electron chi connectivity index (χ3n) is 6.34. The first-order chi connectivity index (χ1) is 14.2. The number of hydrogen-bond acceptors (Lipinski definition) is 2. The normalized spacial score (nSPS) is 12.4. The van der Waals surface area contributed by atoms with Gasteiger partial charge in [0.15, 0.2) is 0 Å². The monoisotopic (exact) mass is 370 g/mol. The summed E-state index contributed by atoms with van der Waals surface area (Å²) in [6.07, 6.45) is 1.21. The molecule has 29 heavy (non-hydrogen) atoms. The minimum atomic E-state index is -0.440. The molecule has 0 saturated carbocycles. The van der Waals surface area contributed by atoms with Crippen LogP contribution in [0.5, 0.6) is 5.75 Å². The highest BCUT2D eigenvalue weighted by Crippen LogP contribution is 2.49. The van der Waals surface area contributed by atoms with Crippen molar-refractivity contribution in [2.24, 2.45) is 0 Å². The van der Waals surface area contributed by atoms with Crippen LogP contribution in [-0.2, 0) is 4.79 Å². The highest BCUT2D eigenvalue weighted by Gasteiger charge is 2.22. The largest absolute Gasteiger partial charge is 0.423 e. The molecule has 0 aliphatic heterocycles. The van der Waals surface area contributed by atoms with Gasteiger partial charge in [-0.2, -0.15) is 0 Å². The maximum atomic E-state index is 12.0. The summed E-state index contributed by atoms with van der Waals surface area (Å²) >= 11 is 0. The summed E-state index contributed by atoms with van der Waals surface area (Å²) in [6.45, 7) is 3.54. The number of esters is 1. The molecular formula is C27H14O2. The zero-order valence-electron chi connectivity index (χ0n) is 15.5. The zero-order chi connectivity index (χ0) is 19.3. The minimum Gasteiger partial charge on any atom is -0.423 e. The Morgan fingerprint density at radius 3 is 1.55 bits per heavy atom. The summed E-state index contributed by atoms with van der Waals surface area (Å²) in [6, 6.07) is 23.7. The van der Waals surface area contributed by atoms with Gasteiger partial charge in [-0.25, -0.2) is 4.79 Å². The van der Waals surface area contributed by atoms with Crippen LogP contribution in [0.4, 0.5) is 0 Å². The van der Waals surface area contributed by atoms with Crippen molar-refractivity contribution >= 4 is 70.6 Å². The van der Waals surface area contributed by atoms with Gasteiger partial charge in [0.05, 0.1) is 0 Å². The van der Waals surface area contributed by atoms with Gasteiger partial charge in [0.25, 0.3) is 0 Å². The maximum Gasteiger partial charge on any atom is 0.335 e. The molecule has 0 fully saturated rings. The van der Waals surface area contributed by atoms with Gasteiger partial charge in [-0.15, -0.1) is 0 Å². The van der Waals surface area contributed by atoms with Crippen LogP contribution in [0.25, 0.3) is 64.6 Å². The highest BCUT2D eigenvalue weighted by atomic mass is 16.5. The summed E-state index contributed by atoms with van der Waals surface area (Å²) in [4.78, 5) is 12.0. The van der Waals surface area contributed by atoms with E-state index in [0.29, 0.717) is 5.75 Å². The van der Waals surface area contributed by atoms with E-state index in [-0.39, 0.29) is 0 Å². The smallest absolute Gasteiger partial charge is 0.335 e. The van der Waals surface area contributed by atoms with Crippen LogP contribution < -0.4 is 4.74 Å². The summed E-state index contributed by atoms with van der Waals surface area (Å²) < 4.78 is 5.66. The molecule has 0 bridgehead atoms. The average Bonchev–Trinajstić information content (AvgIpc) is 2.77. The van der Waals surface area contributed by atoms with Crippen molar-refractivity contribution in [3.63, 3.8) is 0 Å². The molecule has 7 aromatic carbocycles. The van der Waals surface area contributed by atoms with E-state index in [0.717, 1.165) is 10.8 Å². The maximum absolute atomic E-state index is 12.0. The molecular weight excluding hydrogens is 356 g/mol. The van der Waals surface area contributed by atoms with Crippen molar-refractivity contribution < 1.29 is 9.53 Å². The quantitative estimate of drug-likeness (QED) is 0.108. The lowest BCUT2D eigenvalue weighted by Gasteiger charge is -2.21. The third-order valence-corrected chi connectivity index (χ3v) is 6.34. The summed E-state index contributed by atoms with van der Waals surface area (Å²) in [5.74, 6) is 0.145. The first-order valence-electron chi connectivity index (χ1n) is 9.69. The van der Waals surface area contributed by atoms with E-state index in [1.807, 2.05) is 6.07 Å². The van der Waals surface area contributed by atoms with E-state index in [4.69, 9.17) is 4.74 Å². The Kier molecular flexibility index (Phi) is 2.56. The molecule has 0 N–H and O–H groups in total. The second-order valence-corrected chi connectivity index (χ2v) is 7.74. The Bertz CT molecular complexity index is 1700. The van der Waals surface area contributed by atoms with Crippen molar-refractivity contribution in [2.45, 2.75) is 0 Å². The number of rotatable bonds is 2. The van der Waals surface area contributed by atoms with Crippen LogP contribution >= 0.6 is 0 Å². The summed E-state index contributed by atoms with van der Waals surface area (Å²) in [5.41, 5.74) is 0. The van der Waals surface area contributed by atoms with Crippen LogP contribution in [0.1, 0.15) is 0 Å². The van der Waals surface area contributed by atoms with Crippen LogP contribution in [0.15, 0.2) is 79.4 Å². The fraction of sp³-hybridized carbons (Fsp3) is 0. The molecule has 7 aromatic rings. The van der Waals surface area contributed by atoms with Crippen molar-refractivity contribution in [3.8, 4) is 5.75 Å². The number of carbonyl (C=O) groups is 1. The fourth-order valence-corrected chi connectivity index (χ4v) is 5.19. The lowest BCUT2D eigenvalue weighted by Crippen LogP contribution is -2.04. The molecule has 0 aliphatic rings. The summed E-state index contributed by atoms with van der Waals surface area (Å²) in [7, 11) is 0. The van der Waals surface area contributed by atoms with Gasteiger partial charge in [-0.3, -0.25) is 0 Å². The van der Waals surface area contributed by atoms with Gasteiger partial charge in [0.2, 0.25) is 0 Å². The minimum absolute atomic E-state index is 0.440. The number of hydrogen-bond donors (Lipinski definition) is 0. The lowest BCUT2D eigenvalue weighted by atomic mass is 9.83. The van der Waals surface area contributed by atoms with Crippen molar-refractivity contribution in [3.05, 3.63) is 79.4 Å². The Balaban J connectivity index is 1.88. The zero-order valence-corrected chi connectivity index (χ0v) is 15.5. The molecule has 2 heteroatoms. The second-order valence-electron chi connectivity index (χ2n) is 7.74. The first-order valence-corrected chi connectivity index (χ1v) is 9.69. The average molecular weight is 370 g/mol. The number of ether oxygens (including phenoxy) is 1. The predicted octanol–water partition coefficient (Wildman–Crippen LogP) is 7.01. The Morgan fingerprint density at radius 2 is 1.03 bits per heavy atom. The molecule has 2 nitrogen and oxygen atoms in total. The van der Waals surface area contributed by atoms with Crippen LogP contribution in [0.3, 0.4) is 0 Å². The molecule has 0 atom stereocenters. The van der Waals surface area contributed by atoms with Gasteiger partial charge in [0, 0.05) is 16.8 Å². The predicted molar refractivity (Wildman–Crippen MR) is 121 cm³/mol. The molecule has 0 amide bonds. The molecule has 0 unspecified atom stereocenters. The molecule has 0 heterocycles. The van der Waals surface area contributed by atoms with Crippen LogP contribution in [0, 0.1) is 0 Å². The Hall–Kier alpha value is -3.91. The van der Waals surface area contributed by atoms with Crippen LogP contribution in [-0.4, -0.2) is 5.97 Å². The Morgan fingerprint density at radius 1 is 0.621 bits per heavy atom. The molecule has 0 spiro atoms. The molecule has 0 radical (unpaired) electrons. The van der Waals surface area contributed by atoms with E-state index >= 15 is 0 Å². The lowest BCUT2D eigenvalue weighted by molar-refractivity contribution is -0.128. The molecule has 0 saturated heterocycles. The van der Waals surface area contributed by atoms with E-state index < -0.39 is 5.97 Å². The molecule has 134 valence electrons. The van der Waals surface area contributed by atoms with E-state index in [2.05, 4.69) is 67.2 Å². The SMILES string of the molecule is C=CC(=O)Oc1cc2ccc3ccc4ccc5ccc6ccc1c1c6c5c4c3c21.